The molecule has 1 aromatic heterocycles. The predicted molar refractivity (Wildman–Crippen MR) is 71.8 cm³/mol. The van der Waals surface area contributed by atoms with Gasteiger partial charge in [-0.05, 0) is 46.3 Å². The van der Waals surface area contributed by atoms with E-state index in [1.807, 2.05) is 30.3 Å². The van der Waals surface area contributed by atoms with Crippen molar-refractivity contribution in [3.8, 4) is 0 Å². The zero-order chi connectivity index (χ0) is 11.5. The van der Waals surface area contributed by atoms with Crippen molar-refractivity contribution < 1.29 is 4.42 Å². The number of furan rings is 1. The largest absolute Gasteiger partial charge is 0.453 e. The van der Waals surface area contributed by atoms with Crippen molar-refractivity contribution in [3.05, 3.63) is 45.8 Å². The van der Waals surface area contributed by atoms with Gasteiger partial charge in [-0.15, -0.1) is 11.8 Å². The predicted octanol–water partition coefficient (Wildman–Crippen LogP) is 4.57. The van der Waals surface area contributed by atoms with Gasteiger partial charge in [0.25, 0.3) is 0 Å². The Hall–Kier alpha value is -0.580. The third kappa shape index (κ3) is 2.97. The maximum Gasteiger partial charge on any atom is 0.169 e. The summed E-state index contributed by atoms with van der Waals surface area (Å²) in [5, 5.41) is 0.589. The molecule has 2 N–H and O–H groups in total. The Morgan fingerprint density at radius 3 is 2.75 bits per heavy atom. The Balaban J connectivity index is 2.02. The summed E-state index contributed by atoms with van der Waals surface area (Å²) in [5.41, 5.74) is 6.24. The SMILES string of the molecule is Nc1ccc(SCc2ccc(Br)o2)cc1Cl. The van der Waals surface area contributed by atoms with E-state index < -0.39 is 0 Å². The molecule has 1 heterocycles. The highest BCUT2D eigenvalue weighted by Gasteiger charge is 2.03. The monoisotopic (exact) mass is 317 g/mol. The third-order valence-electron chi connectivity index (χ3n) is 1.98. The summed E-state index contributed by atoms with van der Waals surface area (Å²) in [5.74, 6) is 1.69. The van der Waals surface area contributed by atoms with Gasteiger partial charge >= 0.3 is 0 Å². The van der Waals surface area contributed by atoms with E-state index >= 15 is 0 Å². The number of benzene rings is 1. The fourth-order valence-electron chi connectivity index (χ4n) is 1.18. The molecule has 2 rings (SSSR count). The molecule has 0 spiro atoms. The number of nitrogens with two attached hydrogens (primary N) is 1. The normalized spacial score (nSPS) is 10.6. The highest BCUT2D eigenvalue weighted by atomic mass is 79.9. The minimum absolute atomic E-state index is 0.589. The zero-order valence-corrected chi connectivity index (χ0v) is 11.4. The van der Waals surface area contributed by atoms with E-state index in [-0.39, 0.29) is 0 Å². The number of hydrogen-bond donors (Lipinski definition) is 1. The third-order valence-corrected chi connectivity index (χ3v) is 3.75. The number of anilines is 1. The molecule has 0 aliphatic rings. The molecule has 0 atom stereocenters. The molecular formula is C11H9BrClNOS. The average molecular weight is 319 g/mol. The van der Waals surface area contributed by atoms with Crippen LogP contribution in [0.25, 0.3) is 0 Å². The van der Waals surface area contributed by atoms with Crippen molar-refractivity contribution in [3.63, 3.8) is 0 Å². The van der Waals surface area contributed by atoms with Crippen LogP contribution in [0.4, 0.5) is 5.69 Å². The molecule has 0 radical (unpaired) electrons. The average Bonchev–Trinajstić information content (AvgIpc) is 2.66. The summed E-state index contributed by atoms with van der Waals surface area (Å²) >= 11 is 10.9. The van der Waals surface area contributed by atoms with Gasteiger partial charge in [0.15, 0.2) is 4.67 Å². The van der Waals surface area contributed by atoms with Gasteiger partial charge in [-0.3, -0.25) is 0 Å². The molecule has 0 bridgehead atoms. The maximum atomic E-state index is 5.93. The molecule has 1 aromatic carbocycles. The zero-order valence-electron chi connectivity index (χ0n) is 8.24. The fraction of sp³-hybridized carbons (Fsp3) is 0.0909. The van der Waals surface area contributed by atoms with E-state index in [0.717, 1.165) is 21.1 Å². The summed E-state index contributed by atoms with van der Waals surface area (Å²) in [6, 6.07) is 9.44. The topological polar surface area (TPSA) is 39.2 Å². The lowest BCUT2D eigenvalue weighted by Gasteiger charge is -2.02. The van der Waals surface area contributed by atoms with Crippen molar-refractivity contribution in [2.75, 3.05) is 5.73 Å². The van der Waals surface area contributed by atoms with Crippen LogP contribution in [0.2, 0.25) is 5.02 Å². The molecule has 0 fully saturated rings. The van der Waals surface area contributed by atoms with Gasteiger partial charge in [0.1, 0.15) is 5.76 Å². The van der Waals surface area contributed by atoms with Crippen LogP contribution in [0.15, 0.2) is 44.3 Å². The Kier molecular flexibility index (Phi) is 3.84. The first kappa shape index (κ1) is 11.9. The van der Waals surface area contributed by atoms with E-state index in [2.05, 4.69) is 15.9 Å². The minimum atomic E-state index is 0.589. The summed E-state index contributed by atoms with van der Waals surface area (Å²) in [7, 11) is 0. The number of nitrogen functional groups attached to an aromatic ring is 1. The van der Waals surface area contributed by atoms with Crippen LogP contribution in [0.3, 0.4) is 0 Å². The minimum Gasteiger partial charge on any atom is -0.453 e. The standard InChI is InChI=1S/C11H9BrClNOS/c12-11-4-1-7(15-11)6-16-8-2-3-10(14)9(13)5-8/h1-5H,6,14H2. The van der Waals surface area contributed by atoms with Crippen molar-refractivity contribution in [2.45, 2.75) is 10.6 Å². The van der Waals surface area contributed by atoms with Crippen LogP contribution < -0.4 is 5.73 Å². The lowest BCUT2D eigenvalue weighted by Crippen LogP contribution is -1.85. The van der Waals surface area contributed by atoms with Crippen molar-refractivity contribution in [1.82, 2.24) is 0 Å². The second-order valence-electron chi connectivity index (χ2n) is 3.18. The molecule has 84 valence electrons. The Morgan fingerprint density at radius 2 is 2.12 bits per heavy atom. The van der Waals surface area contributed by atoms with Gasteiger partial charge in [-0.25, -0.2) is 0 Å². The molecule has 5 heteroatoms. The molecule has 0 aliphatic carbocycles. The van der Waals surface area contributed by atoms with Crippen molar-refractivity contribution in [1.29, 1.82) is 0 Å². The molecule has 0 saturated heterocycles. The smallest absolute Gasteiger partial charge is 0.169 e. The summed E-state index contributed by atoms with van der Waals surface area (Å²) in [6.07, 6.45) is 0. The summed E-state index contributed by atoms with van der Waals surface area (Å²) < 4.78 is 6.15. The maximum absolute atomic E-state index is 5.93. The first-order chi connectivity index (χ1) is 7.65. The van der Waals surface area contributed by atoms with E-state index in [1.54, 1.807) is 11.8 Å². The summed E-state index contributed by atoms with van der Waals surface area (Å²) in [4.78, 5) is 1.08. The number of thioether (sulfide) groups is 1. The molecule has 16 heavy (non-hydrogen) atoms. The van der Waals surface area contributed by atoms with Crippen LogP contribution in [0.1, 0.15) is 5.76 Å². The number of halogens is 2. The van der Waals surface area contributed by atoms with E-state index in [1.165, 1.54) is 0 Å². The van der Waals surface area contributed by atoms with Gasteiger partial charge < -0.3 is 10.2 Å². The van der Waals surface area contributed by atoms with E-state index in [4.69, 9.17) is 21.8 Å². The Morgan fingerprint density at radius 1 is 1.31 bits per heavy atom. The van der Waals surface area contributed by atoms with Crippen molar-refractivity contribution >= 4 is 45.0 Å². The first-order valence-corrected chi connectivity index (χ1v) is 6.73. The van der Waals surface area contributed by atoms with Gasteiger partial charge in [0.2, 0.25) is 0 Å². The number of rotatable bonds is 3. The number of hydrogen-bond acceptors (Lipinski definition) is 3. The second-order valence-corrected chi connectivity index (χ2v) is 5.42. The van der Waals surface area contributed by atoms with Gasteiger partial charge in [-0.2, -0.15) is 0 Å². The Labute approximate surface area is 111 Å². The quantitative estimate of drug-likeness (QED) is 0.665. The molecule has 0 saturated carbocycles. The molecule has 2 aromatic rings. The summed E-state index contributed by atoms with van der Waals surface area (Å²) in [6.45, 7) is 0. The molecule has 0 unspecified atom stereocenters. The Bertz CT molecular complexity index is 500. The van der Waals surface area contributed by atoms with Crippen LogP contribution in [0.5, 0.6) is 0 Å². The molecule has 0 aliphatic heterocycles. The molecule has 0 amide bonds. The van der Waals surface area contributed by atoms with E-state index in [9.17, 15) is 0 Å². The lowest BCUT2D eigenvalue weighted by molar-refractivity contribution is 0.507. The highest BCUT2D eigenvalue weighted by molar-refractivity contribution is 9.10. The fourth-order valence-corrected chi connectivity index (χ4v) is 2.60. The molecule has 2 nitrogen and oxygen atoms in total. The van der Waals surface area contributed by atoms with Gasteiger partial charge in [-0.1, -0.05) is 11.6 Å². The van der Waals surface area contributed by atoms with Gasteiger partial charge in [0.05, 0.1) is 16.5 Å². The molecular weight excluding hydrogens is 310 g/mol. The lowest BCUT2D eigenvalue weighted by atomic mass is 10.3. The van der Waals surface area contributed by atoms with Gasteiger partial charge in [0, 0.05) is 4.90 Å². The first-order valence-electron chi connectivity index (χ1n) is 4.57. The second kappa shape index (κ2) is 5.17. The van der Waals surface area contributed by atoms with Crippen molar-refractivity contribution in [2.24, 2.45) is 0 Å². The van der Waals surface area contributed by atoms with E-state index in [0.29, 0.717) is 10.7 Å². The highest BCUT2D eigenvalue weighted by Crippen LogP contribution is 2.29. The van der Waals surface area contributed by atoms with Crippen LogP contribution in [-0.2, 0) is 5.75 Å². The van der Waals surface area contributed by atoms with Crippen LogP contribution in [0, 0.1) is 0 Å². The van der Waals surface area contributed by atoms with Crippen LogP contribution in [-0.4, -0.2) is 0 Å². The van der Waals surface area contributed by atoms with Crippen LogP contribution >= 0.6 is 39.3 Å².